The number of hydrogen-bond acceptors (Lipinski definition) is 2. The molecule has 13 heavy (non-hydrogen) atoms. The van der Waals surface area contributed by atoms with Crippen molar-refractivity contribution in [3.05, 3.63) is 30.1 Å². The Morgan fingerprint density at radius 2 is 2.23 bits per heavy atom. The van der Waals surface area contributed by atoms with Gasteiger partial charge < -0.3 is 10.4 Å². The first-order valence-corrected chi connectivity index (χ1v) is 3.95. The lowest BCUT2D eigenvalue weighted by Gasteiger charge is -2.23. The maximum absolute atomic E-state index is 10.4. The molecule has 4 nitrogen and oxygen atoms in total. The van der Waals surface area contributed by atoms with Crippen LogP contribution in [0.25, 0.3) is 0 Å². The number of nitrogens with zero attached hydrogens (tertiary/aromatic N) is 1. The van der Waals surface area contributed by atoms with Gasteiger partial charge in [0.2, 0.25) is 0 Å². The Kier molecular flexibility index (Phi) is 2.51. The van der Waals surface area contributed by atoms with Crippen LogP contribution >= 0.6 is 0 Å². The van der Waals surface area contributed by atoms with Crippen molar-refractivity contribution < 1.29 is 9.90 Å². The van der Waals surface area contributed by atoms with Gasteiger partial charge in [0.25, 0.3) is 0 Å². The van der Waals surface area contributed by atoms with Crippen LogP contribution in [0.5, 0.6) is 0 Å². The fraction of sp³-hybridized carbons (Fsp3) is 0.333. The molecular formula is C9H12N2O2. The highest BCUT2D eigenvalue weighted by atomic mass is 16.4. The molecule has 0 bridgehead atoms. The van der Waals surface area contributed by atoms with E-state index in [1.54, 1.807) is 32.2 Å². The topological polar surface area (TPSA) is 62.2 Å². The quantitative estimate of drug-likeness (QED) is 0.726. The molecule has 0 fully saturated rings. The van der Waals surface area contributed by atoms with E-state index in [4.69, 9.17) is 5.11 Å². The molecule has 1 heterocycles. The maximum atomic E-state index is 10.4. The minimum atomic E-state index is -1.05. The van der Waals surface area contributed by atoms with Crippen LogP contribution in [0.2, 0.25) is 0 Å². The summed E-state index contributed by atoms with van der Waals surface area (Å²) in [5.41, 5.74) is 0.0602. The van der Waals surface area contributed by atoms with Crippen LogP contribution in [-0.2, 0) is 5.54 Å². The predicted octanol–water partition coefficient (Wildman–Crippen LogP) is 1.58. The smallest absolute Gasteiger partial charge is 0.405 e. The van der Waals surface area contributed by atoms with E-state index in [2.05, 4.69) is 10.3 Å². The number of pyridine rings is 1. The van der Waals surface area contributed by atoms with Gasteiger partial charge in [-0.25, -0.2) is 4.79 Å². The highest BCUT2D eigenvalue weighted by molar-refractivity contribution is 5.65. The van der Waals surface area contributed by atoms with E-state index in [9.17, 15) is 4.79 Å². The predicted molar refractivity (Wildman–Crippen MR) is 48.4 cm³/mol. The molecule has 70 valence electrons. The van der Waals surface area contributed by atoms with E-state index in [1.165, 1.54) is 0 Å². The molecule has 0 aliphatic carbocycles. The normalized spacial score (nSPS) is 10.9. The average molecular weight is 180 g/mol. The van der Waals surface area contributed by atoms with Gasteiger partial charge in [-0.2, -0.15) is 0 Å². The fourth-order valence-corrected chi connectivity index (χ4v) is 1.06. The minimum absolute atomic E-state index is 0.646. The molecule has 0 aliphatic heterocycles. The number of carboxylic acid groups (broad SMARTS) is 1. The van der Waals surface area contributed by atoms with Crippen LogP contribution in [0, 0.1) is 0 Å². The Hall–Kier alpha value is -1.58. The van der Waals surface area contributed by atoms with Gasteiger partial charge in [-0.1, -0.05) is 6.07 Å². The molecule has 1 aromatic rings. The zero-order chi connectivity index (χ0) is 9.90. The van der Waals surface area contributed by atoms with Crippen LogP contribution < -0.4 is 5.32 Å². The minimum Gasteiger partial charge on any atom is -0.465 e. The summed E-state index contributed by atoms with van der Waals surface area (Å²) in [5, 5.41) is 11.0. The molecule has 0 unspecified atom stereocenters. The average Bonchev–Trinajstić information content (AvgIpc) is 2.04. The lowest BCUT2D eigenvalue weighted by Crippen LogP contribution is -2.40. The molecule has 2 N–H and O–H groups in total. The lowest BCUT2D eigenvalue weighted by molar-refractivity contribution is 0.181. The fourth-order valence-electron chi connectivity index (χ4n) is 1.06. The second-order valence-corrected chi connectivity index (χ2v) is 3.27. The summed E-state index contributed by atoms with van der Waals surface area (Å²) in [7, 11) is 0. The van der Waals surface area contributed by atoms with Crippen LogP contribution in [0.3, 0.4) is 0 Å². The van der Waals surface area contributed by atoms with E-state index in [0.29, 0.717) is 5.69 Å². The third-order valence-electron chi connectivity index (χ3n) is 1.72. The Morgan fingerprint density at radius 3 is 2.69 bits per heavy atom. The number of rotatable bonds is 2. The summed E-state index contributed by atoms with van der Waals surface area (Å²) in [6.07, 6.45) is 0.594. The van der Waals surface area contributed by atoms with Gasteiger partial charge in [0.15, 0.2) is 0 Å². The first-order valence-electron chi connectivity index (χ1n) is 3.95. The summed E-state index contributed by atoms with van der Waals surface area (Å²) in [6, 6.07) is 5.41. The summed E-state index contributed by atoms with van der Waals surface area (Å²) < 4.78 is 0. The van der Waals surface area contributed by atoms with Gasteiger partial charge in [0.1, 0.15) is 0 Å². The number of nitrogens with one attached hydrogen (secondary N) is 1. The van der Waals surface area contributed by atoms with Crippen molar-refractivity contribution in [1.29, 1.82) is 0 Å². The van der Waals surface area contributed by atoms with Crippen molar-refractivity contribution in [2.24, 2.45) is 0 Å². The van der Waals surface area contributed by atoms with Gasteiger partial charge in [-0.05, 0) is 26.0 Å². The second kappa shape index (κ2) is 3.43. The number of hydrogen-bond donors (Lipinski definition) is 2. The number of amides is 1. The van der Waals surface area contributed by atoms with Gasteiger partial charge in [-0.3, -0.25) is 4.98 Å². The van der Waals surface area contributed by atoms with Crippen LogP contribution in [-0.4, -0.2) is 16.2 Å². The SMILES string of the molecule is CC(C)(NC(=O)O)c1ccccn1. The third kappa shape index (κ3) is 2.43. The Labute approximate surface area is 76.6 Å². The Balaban J connectivity index is 2.87. The van der Waals surface area contributed by atoms with Gasteiger partial charge in [0, 0.05) is 6.20 Å². The monoisotopic (exact) mass is 180 g/mol. The first-order chi connectivity index (χ1) is 6.02. The van der Waals surface area contributed by atoms with E-state index in [1.807, 2.05) is 6.07 Å². The zero-order valence-electron chi connectivity index (χ0n) is 7.61. The van der Waals surface area contributed by atoms with Crippen LogP contribution in [0.15, 0.2) is 24.4 Å². The molecule has 0 aliphatic rings. The molecule has 0 radical (unpaired) electrons. The molecule has 1 amide bonds. The van der Waals surface area contributed by atoms with Gasteiger partial charge in [0.05, 0.1) is 11.2 Å². The largest absolute Gasteiger partial charge is 0.465 e. The van der Waals surface area contributed by atoms with Crippen LogP contribution in [0.1, 0.15) is 19.5 Å². The highest BCUT2D eigenvalue weighted by Crippen LogP contribution is 2.16. The highest BCUT2D eigenvalue weighted by Gasteiger charge is 2.23. The van der Waals surface area contributed by atoms with E-state index in [-0.39, 0.29) is 0 Å². The van der Waals surface area contributed by atoms with Crippen LogP contribution in [0.4, 0.5) is 4.79 Å². The molecule has 0 spiro atoms. The standard InChI is InChI=1S/C9H12N2O2/c1-9(2,11-8(12)13)7-5-3-4-6-10-7/h3-6,11H,1-2H3,(H,12,13). The third-order valence-corrected chi connectivity index (χ3v) is 1.72. The van der Waals surface area contributed by atoms with Crippen molar-refractivity contribution in [3.63, 3.8) is 0 Å². The van der Waals surface area contributed by atoms with Crippen molar-refractivity contribution in [3.8, 4) is 0 Å². The molecule has 1 aromatic heterocycles. The van der Waals surface area contributed by atoms with E-state index < -0.39 is 11.6 Å². The zero-order valence-corrected chi connectivity index (χ0v) is 7.61. The van der Waals surface area contributed by atoms with E-state index >= 15 is 0 Å². The van der Waals surface area contributed by atoms with Gasteiger partial charge in [-0.15, -0.1) is 0 Å². The number of carbonyl (C=O) groups is 1. The van der Waals surface area contributed by atoms with Crippen molar-refractivity contribution >= 4 is 6.09 Å². The summed E-state index contributed by atoms with van der Waals surface area (Å²) in [4.78, 5) is 14.5. The molecule has 4 heteroatoms. The summed E-state index contributed by atoms with van der Waals surface area (Å²) in [5.74, 6) is 0. The second-order valence-electron chi connectivity index (χ2n) is 3.27. The summed E-state index contributed by atoms with van der Waals surface area (Å²) >= 11 is 0. The Bertz CT molecular complexity index is 296. The Morgan fingerprint density at radius 1 is 1.54 bits per heavy atom. The van der Waals surface area contributed by atoms with Gasteiger partial charge >= 0.3 is 6.09 Å². The van der Waals surface area contributed by atoms with Crippen molar-refractivity contribution in [2.45, 2.75) is 19.4 Å². The lowest BCUT2D eigenvalue weighted by atomic mass is 10.0. The number of aromatic nitrogens is 1. The van der Waals surface area contributed by atoms with E-state index in [0.717, 1.165) is 0 Å². The maximum Gasteiger partial charge on any atom is 0.405 e. The molecule has 0 saturated heterocycles. The van der Waals surface area contributed by atoms with Crippen molar-refractivity contribution in [2.75, 3.05) is 0 Å². The van der Waals surface area contributed by atoms with Crippen molar-refractivity contribution in [1.82, 2.24) is 10.3 Å². The molecule has 0 saturated carbocycles. The first kappa shape index (κ1) is 9.51. The molecule has 1 rings (SSSR count). The summed E-state index contributed by atoms with van der Waals surface area (Å²) in [6.45, 7) is 3.53. The molecule has 0 atom stereocenters. The molecule has 0 aromatic carbocycles. The molecular weight excluding hydrogens is 168 g/mol.